The van der Waals surface area contributed by atoms with Gasteiger partial charge in [0, 0.05) is 36.8 Å². The molecule has 1 saturated heterocycles. The Labute approximate surface area is 206 Å². The van der Waals surface area contributed by atoms with Gasteiger partial charge >= 0.3 is 12.1 Å². The van der Waals surface area contributed by atoms with E-state index >= 15 is 0 Å². The van der Waals surface area contributed by atoms with Gasteiger partial charge in [-0.15, -0.1) is 0 Å². The Kier molecular flexibility index (Phi) is 8.07. The number of nitro groups is 1. The number of aliphatic carboxylic acids is 1. The van der Waals surface area contributed by atoms with Crippen LogP contribution in [0.5, 0.6) is 0 Å². The maximum absolute atomic E-state index is 13.3. The largest absolute Gasteiger partial charge is 0.481 e. The Balaban J connectivity index is 1.87. The minimum atomic E-state index is -1.18. The summed E-state index contributed by atoms with van der Waals surface area (Å²) >= 11 is 0. The van der Waals surface area contributed by atoms with Crippen LogP contribution in [0.15, 0.2) is 42.5 Å². The van der Waals surface area contributed by atoms with Crippen molar-refractivity contribution >= 4 is 29.3 Å². The van der Waals surface area contributed by atoms with E-state index in [-0.39, 0.29) is 23.3 Å². The maximum atomic E-state index is 13.3. The molecule has 0 radical (unpaired) electrons. The number of hydrogen-bond acceptors (Lipinski definition) is 7. The summed E-state index contributed by atoms with van der Waals surface area (Å²) in [7, 11) is 1.29. The molecule has 0 bridgehead atoms. The van der Waals surface area contributed by atoms with E-state index in [4.69, 9.17) is 4.74 Å². The van der Waals surface area contributed by atoms with Gasteiger partial charge in [-0.25, -0.2) is 9.18 Å². The van der Waals surface area contributed by atoms with E-state index in [1.54, 1.807) is 9.80 Å². The van der Waals surface area contributed by atoms with Gasteiger partial charge in [0.15, 0.2) is 0 Å². The third-order valence-corrected chi connectivity index (χ3v) is 6.10. The first kappa shape index (κ1) is 26.4. The molecule has 36 heavy (non-hydrogen) atoms. The smallest absolute Gasteiger partial charge is 0.409 e. The van der Waals surface area contributed by atoms with Gasteiger partial charge < -0.3 is 25.0 Å². The topological polar surface area (TPSA) is 142 Å². The number of carboxylic acid groups (broad SMARTS) is 1. The second kappa shape index (κ2) is 11.0. The number of rotatable bonds is 7. The molecule has 2 aromatic rings. The molecule has 1 heterocycles. The summed E-state index contributed by atoms with van der Waals surface area (Å²) in [5.74, 6) is -2.40. The number of carboxylic acids is 1. The van der Waals surface area contributed by atoms with Crippen LogP contribution in [0.2, 0.25) is 0 Å². The van der Waals surface area contributed by atoms with Crippen LogP contribution in [-0.4, -0.2) is 65.2 Å². The number of carbonyl (C=O) groups excluding carboxylic acids is 2. The standard InChI is InChI=1S/C24H27FN4O7/c1-14-13-28(24(33)36-3)15(2)12-27(14)20-9-6-17(10-21(20)29(34)35)23(32)26-19(11-22(30)31)16-4-7-18(25)8-5-16/h4-10,14-15,19H,11-13H2,1-3H3,(H,26,32)(H,30,31). The van der Waals surface area contributed by atoms with Gasteiger partial charge in [-0.2, -0.15) is 0 Å². The molecule has 12 heteroatoms. The van der Waals surface area contributed by atoms with Gasteiger partial charge in [-0.3, -0.25) is 19.7 Å². The Morgan fingerprint density at radius 1 is 1.17 bits per heavy atom. The van der Waals surface area contributed by atoms with Crippen molar-refractivity contribution in [1.29, 1.82) is 0 Å². The summed E-state index contributed by atoms with van der Waals surface area (Å²) in [4.78, 5) is 50.9. The molecule has 2 aromatic carbocycles. The predicted octanol–water partition coefficient (Wildman–Crippen LogP) is 3.35. The number of nitrogens with zero attached hydrogens (tertiary/aromatic N) is 3. The molecule has 3 rings (SSSR count). The minimum Gasteiger partial charge on any atom is -0.481 e. The number of hydrogen-bond donors (Lipinski definition) is 2. The molecule has 3 atom stereocenters. The van der Waals surface area contributed by atoms with Crippen molar-refractivity contribution in [2.24, 2.45) is 0 Å². The van der Waals surface area contributed by atoms with Crippen molar-refractivity contribution < 1.29 is 33.5 Å². The number of methoxy groups -OCH3 is 1. The zero-order valence-corrected chi connectivity index (χ0v) is 20.0. The van der Waals surface area contributed by atoms with Crippen molar-refractivity contribution in [1.82, 2.24) is 10.2 Å². The number of anilines is 1. The average molecular weight is 502 g/mol. The second-order valence-corrected chi connectivity index (χ2v) is 8.61. The summed E-state index contributed by atoms with van der Waals surface area (Å²) in [6.07, 6.45) is -0.940. The van der Waals surface area contributed by atoms with Crippen LogP contribution in [0.1, 0.15) is 42.2 Å². The van der Waals surface area contributed by atoms with Crippen LogP contribution in [-0.2, 0) is 9.53 Å². The van der Waals surface area contributed by atoms with Gasteiger partial charge in [0.1, 0.15) is 11.5 Å². The van der Waals surface area contributed by atoms with Crippen LogP contribution < -0.4 is 10.2 Å². The molecule has 1 fully saturated rings. The summed E-state index contributed by atoms with van der Waals surface area (Å²) < 4.78 is 18.1. The number of carbonyl (C=O) groups is 3. The first-order valence-corrected chi connectivity index (χ1v) is 11.2. The van der Waals surface area contributed by atoms with E-state index in [1.807, 2.05) is 13.8 Å². The van der Waals surface area contributed by atoms with Crippen LogP contribution in [0, 0.1) is 15.9 Å². The lowest BCUT2D eigenvalue weighted by molar-refractivity contribution is -0.384. The van der Waals surface area contributed by atoms with Crippen molar-refractivity contribution in [2.45, 2.75) is 38.4 Å². The van der Waals surface area contributed by atoms with Gasteiger partial charge in [0.25, 0.3) is 11.6 Å². The Bertz CT molecular complexity index is 1160. The third kappa shape index (κ3) is 5.88. The SMILES string of the molecule is COC(=O)N1CC(C)N(c2ccc(C(=O)NC(CC(=O)O)c3ccc(F)cc3)cc2[N+](=O)[O-])CC1C. The third-order valence-electron chi connectivity index (χ3n) is 6.10. The van der Waals surface area contributed by atoms with Crippen molar-refractivity contribution in [3.05, 3.63) is 69.5 Å². The summed E-state index contributed by atoms with van der Waals surface area (Å²) in [5.41, 5.74) is 0.340. The van der Waals surface area contributed by atoms with Crippen LogP contribution in [0.25, 0.3) is 0 Å². The van der Waals surface area contributed by atoms with Crippen LogP contribution >= 0.6 is 0 Å². The molecule has 1 aliphatic rings. The minimum absolute atomic E-state index is 0.0307. The molecule has 11 nitrogen and oxygen atoms in total. The van der Waals surface area contributed by atoms with E-state index in [1.165, 1.54) is 31.4 Å². The van der Waals surface area contributed by atoms with E-state index in [9.17, 15) is 34.0 Å². The molecule has 1 aliphatic heterocycles. The first-order valence-electron chi connectivity index (χ1n) is 11.2. The zero-order valence-electron chi connectivity index (χ0n) is 20.0. The molecular weight excluding hydrogens is 475 g/mol. The molecule has 2 amide bonds. The lowest BCUT2D eigenvalue weighted by Crippen LogP contribution is -2.58. The Hall–Kier alpha value is -4.22. The van der Waals surface area contributed by atoms with Gasteiger partial charge in [0.05, 0.1) is 24.5 Å². The van der Waals surface area contributed by atoms with Gasteiger partial charge in [0.2, 0.25) is 0 Å². The second-order valence-electron chi connectivity index (χ2n) is 8.61. The maximum Gasteiger partial charge on any atom is 0.409 e. The number of ether oxygens (including phenoxy) is 1. The number of nitrogens with one attached hydrogen (secondary N) is 1. The quantitative estimate of drug-likeness (QED) is 0.434. The fraction of sp³-hybridized carbons (Fsp3) is 0.375. The average Bonchev–Trinajstić information content (AvgIpc) is 2.84. The van der Waals surface area contributed by atoms with Crippen LogP contribution in [0.3, 0.4) is 0 Å². The van der Waals surface area contributed by atoms with Crippen LogP contribution in [0.4, 0.5) is 20.6 Å². The van der Waals surface area contributed by atoms with Crippen molar-refractivity contribution in [2.75, 3.05) is 25.1 Å². The highest BCUT2D eigenvalue weighted by Crippen LogP contribution is 2.33. The molecule has 0 aromatic heterocycles. The molecule has 0 aliphatic carbocycles. The molecular formula is C24H27FN4O7. The number of nitro benzene ring substituents is 1. The van der Waals surface area contributed by atoms with Gasteiger partial charge in [-0.1, -0.05) is 12.1 Å². The van der Waals surface area contributed by atoms with E-state index in [0.29, 0.717) is 24.3 Å². The summed E-state index contributed by atoms with van der Waals surface area (Å²) in [6.45, 7) is 4.24. The van der Waals surface area contributed by atoms with E-state index < -0.39 is 41.2 Å². The first-order chi connectivity index (χ1) is 17.0. The Morgan fingerprint density at radius 3 is 2.42 bits per heavy atom. The Morgan fingerprint density at radius 2 is 1.83 bits per heavy atom. The number of piperazine rings is 1. The fourth-order valence-electron chi connectivity index (χ4n) is 4.25. The normalized spacial score (nSPS) is 18.3. The summed E-state index contributed by atoms with van der Waals surface area (Å²) in [6, 6.07) is 7.55. The fourth-order valence-corrected chi connectivity index (χ4v) is 4.25. The van der Waals surface area contributed by atoms with Crippen molar-refractivity contribution in [3.63, 3.8) is 0 Å². The highest BCUT2D eigenvalue weighted by molar-refractivity contribution is 5.96. The van der Waals surface area contributed by atoms with Crippen molar-refractivity contribution in [3.8, 4) is 0 Å². The monoisotopic (exact) mass is 502 g/mol. The number of amides is 2. The number of benzene rings is 2. The van der Waals surface area contributed by atoms with E-state index in [0.717, 1.165) is 18.2 Å². The highest BCUT2D eigenvalue weighted by atomic mass is 19.1. The number of halogens is 1. The molecule has 2 N–H and O–H groups in total. The molecule has 192 valence electrons. The lowest BCUT2D eigenvalue weighted by atomic mass is 10.0. The molecule has 0 saturated carbocycles. The predicted molar refractivity (Wildman–Crippen MR) is 127 cm³/mol. The lowest BCUT2D eigenvalue weighted by Gasteiger charge is -2.44. The molecule has 3 unspecified atom stereocenters. The highest BCUT2D eigenvalue weighted by Gasteiger charge is 2.35. The zero-order chi connectivity index (χ0) is 26.6. The molecule has 0 spiro atoms. The van der Waals surface area contributed by atoms with Gasteiger partial charge in [-0.05, 0) is 43.7 Å². The van der Waals surface area contributed by atoms with E-state index in [2.05, 4.69) is 5.32 Å². The summed E-state index contributed by atoms with van der Waals surface area (Å²) in [5, 5.41) is 23.7.